The van der Waals surface area contributed by atoms with Crippen molar-refractivity contribution < 1.29 is 18.8 Å². The zero-order chi connectivity index (χ0) is 23.2. The van der Waals surface area contributed by atoms with Gasteiger partial charge in [-0.3, -0.25) is 9.78 Å². The predicted molar refractivity (Wildman–Crippen MR) is 121 cm³/mol. The molecule has 0 aliphatic heterocycles. The van der Waals surface area contributed by atoms with Crippen LogP contribution in [0.5, 0.6) is 0 Å². The number of aryl methyl sites for hydroxylation is 1. The highest BCUT2D eigenvalue weighted by Gasteiger charge is 2.28. The van der Waals surface area contributed by atoms with Crippen molar-refractivity contribution in [2.75, 3.05) is 5.32 Å². The van der Waals surface area contributed by atoms with Crippen LogP contribution in [-0.2, 0) is 28.9 Å². The van der Waals surface area contributed by atoms with Gasteiger partial charge in [0.25, 0.3) is 0 Å². The maximum absolute atomic E-state index is 12.4. The van der Waals surface area contributed by atoms with Crippen molar-refractivity contribution in [3.05, 3.63) is 69.7 Å². The molecule has 1 atom stereocenters. The second kappa shape index (κ2) is 10.1. The molecule has 0 radical (unpaired) electrons. The van der Waals surface area contributed by atoms with E-state index in [0.29, 0.717) is 35.5 Å². The second-order valence-electron chi connectivity index (χ2n) is 7.48. The van der Waals surface area contributed by atoms with Crippen molar-refractivity contribution in [2.45, 2.75) is 38.8 Å². The van der Waals surface area contributed by atoms with E-state index in [4.69, 9.17) is 9.26 Å². The van der Waals surface area contributed by atoms with Gasteiger partial charge in [-0.1, -0.05) is 11.2 Å². The molecule has 0 spiro atoms. The third kappa shape index (κ3) is 5.45. The van der Waals surface area contributed by atoms with Gasteiger partial charge in [-0.05, 0) is 43.0 Å². The van der Waals surface area contributed by atoms with Gasteiger partial charge >= 0.3 is 6.09 Å². The van der Waals surface area contributed by atoms with Gasteiger partial charge < -0.3 is 19.9 Å². The van der Waals surface area contributed by atoms with Gasteiger partial charge in [-0.2, -0.15) is 5.26 Å². The number of nitrogens with zero attached hydrogens (tertiary/aromatic N) is 3. The molecule has 10 heteroatoms. The first-order valence-corrected chi connectivity index (χ1v) is 11.1. The summed E-state index contributed by atoms with van der Waals surface area (Å²) < 4.78 is 10.4. The van der Waals surface area contributed by atoms with Gasteiger partial charge in [0.05, 0.1) is 17.8 Å². The molecule has 0 saturated carbocycles. The number of rotatable bonds is 6. The molecule has 3 aromatic heterocycles. The Morgan fingerprint density at radius 3 is 3.06 bits per heavy atom. The fraction of sp³-hybridized carbons (Fsp3) is 0.261. The topological polar surface area (TPSA) is 130 Å². The largest absolute Gasteiger partial charge is 0.446 e. The minimum absolute atomic E-state index is 0.270. The van der Waals surface area contributed by atoms with Crippen LogP contribution in [0.2, 0.25) is 0 Å². The molecule has 33 heavy (non-hydrogen) atoms. The fourth-order valence-electron chi connectivity index (χ4n) is 3.51. The lowest BCUT2D eigenvalue weighted by Gasteiger charge is -2.22. The summed E-state index contributed by atoms with van der Waals surface area (Å²) in [5, 5.41) is 19.4. The van der Waals surface area contributed by atoms with E-state index in [1.807, 2.05) is 6.07 Å². The van der Waals surface area contributed by atoms with E-state index in [-0.39, 0.29) is 18.6 Å². The van der Waals surface area contributed by atoms with Crippen LogP contribution < -0.4 is 10.6 Å². The molecule has 0 bridgehead atoms. The standard InChI is InChI=1S/C23H21N5O4S/c1-14-16(13-31-28-14)12-26-23(30)32-17-5-6-18-19(10-24)22(33-20(18)9-17)27-21(29)7-4-15-3-2-8-25-11-15/h2-4,7-8,11,13,17H,5-6,9,12H2,1H3,(H,26,30)(H,27,29). The number of ether oxygens (including phenoxy) is 1. The fourth-order valence-corrected chi connectivity index (χ4v) is 4.77. The molecule has 1 aliphatic rings. The van der Waals surface area contributed by atoms with E-state index in [0.717, 1.165) is 21.6 Å². The molecule has 1 aliphatic carbocycles. The normalized spacial score (nSPS) is 15.0. The Balaban J connectivity index is 1.36. The van der Waals surface area contributed by atoms with Gasteiger partial charge in [-0.15, -0.1) is 11.3 Å². The second-order valence-corrected chi connectivity index (χ2v) is 8.58. The summed E-state index contributed by atoms with van der Waals surface area (Å²) in [6.07, 6.45) is 8.73. The molecule has 0 saturated heterocycles. The number of carbonyl (C=O) groups is 2. The maximum atomic E-state index is 12.4. The zero-order valence-electron chi connectivity index (χ0n) is 17.8. The highest BCUT2D eigenvalue weighted by atomic mass is 32.1. The summed E-state index contributed by atoms with van der Waals surface area (Å²) in [4.78, 5) is 29.5. The van der Waals surface area contributed by atoms with Crippen LogP contribution in [0.1, 0.15) is 39.2 Å². The summed E-state index contributed by atoms with van der Waals surface area (Å²) in [6, 6.07) is 5.83. The number of anilines is 1. The van der Waals surface area contributed by atoms with Gasteiger partial charge in [0, 0.05) is 35.3 Å². The number of alkyl carbamates (subject to hydrolysis) is 1. The van der Waals surface area contributed by atoms with Gasteiger partial charge in [0.2, 0.25) is 5.91 Å². The first kappa shape index (κ1) is 22.2. The Hall–Kier alpha value is -3.97. The summed E-state index contributed by atoms with van der Waals surface area (Å²) >= 11 is 1.35. The average Bonchev–Trinajstić information content (AvgIpc) is 3.38. The van der Waals surface area contributed by atoms with Crippen LogP contribution in [0.4, 0.5) is 9.80 Å². The maximum Gasteiger partial charge on any atom is 0.407 e. The van der Waals surface area contributed by atoms with Crippen LogP contribution in [-0.4, -0.2) is 28.2 Å². The third-order valence-electron chi connectivity index (χ3n) is 5.23. The molecule has 2 N–H and O–H groups in total. The molecular formula is C23H21N5O4S. The van der Waals surface area contributed by atoms with E-state index in [1.54, 1.807) is 31.5 Å². The van der Waals surface area contributed by atoms with Crippen molar-refractivity contribution in [3.63, 3.8) is 0 Å². The molecular weight excluding hydrogens is 442 g/mol. The molecule has 168 valence electrons. The number of nitriles is 1. The molecule has 1 unspecified atom stereocenters. The summed E-state index contributed by atoms with van der Waals surface area (Å²) in [5.41, 5.74) is 3.69. The molecule has 3 aromatic rings. The number of hydrogen-bond donors (Lipinski definition) is 2. The predicted octanol–water partition coefficient (Wildman–Crippen LogP) is 3.75. The van der Waals surface area contributed by atoms with Crippen molar-refractivity contribution in [3.8, 4) is 6.07 Å². The minimum Gasteiger partial charge on any atom is -0.446 e. The van der Waals surface area contributed by atoms with Crippen molar-refractivity contribution in [1.82, 2.24) is 15.5 Å². The van der Waals surface area contributed by atoms with Crippen LogP contribution in [0.3, 0.4) is 0 Å². The van der Waals surface area contributed by atoms with Crippen LogP contribution in [0.25, 0.3) is 6.08 Å². The van der Waals surface area contributed by atoms with E-state index in [2.05, 4.69) is 26.8 Å². The molecule has 0 fully saturated rings. The zero-order valence-corrected chi connectivity index (χ0v) is 18.6. The smallest absolute Gasteiger partial charge is 0.407 e. The van der Waals surface area contributed by atoms with Crippen molar-refractivity contribution in [2.24, 2.45) is 0 Å². The van der Waals surface area contributed by atoms with E-state index < -0.39 is 6.09 Å². The number of aromatic nitrogens is 2. The van der Waals surface area contributed by atoms with Crippen LogP contribution in [0, 0.1) is 18.3 Å². The molecule has 9 nitrogen and oxygen atoms in total. The quantitative estimate of drug-likeness (QED) is 0.533. The molecule has 3 heterocycles. The lowest BCUT2D eigenvalue weighted by atomic mass is 9.94. The lowest BCUT2D eigenvalue weighted by Crippen LogP contribution is -2.31. The number of amides is 2. The third-order valence-corrected chi connectivity index (χ3v) is 6.40. The number of hydrogen-bond acceptors (Lipinski definition) is 8. The Kier molecular flexibility index (Phi) is 6.80. The number of carbonyl (C=O) groups excluding carboxylic acids is 2. The number of fused-ring (bicyclic) bond motifs is 1. The minimum atomic E-state index is -0.518. The molecule has 4 rings (SSSR count). The summed E-state index contributed by atoms with van der Waals surface area (Å²) in [7, 11) is 0. The first-order chi connectivity index (χ1) is 16.0. The van der Waals surface area contributed by atoms with Crippen LogP contribution in [0.15, 0.2) is 41.4 Å². The summed E-state index contributed by atoms with van der Waals surface area (Å²) in [6.45, 7) is 2.07. The highest BCUT2D eigenvalue weighted by molar-refractivity contribution is 7.16. The van der Waals surface area contributed by atoms with Gasteiger partial charge in [-0.25, -0.2) is 4.79 Å². The van der Waals surface area contributed by atoms with E-state index in [1.165, 1.54) is 23.7 Å². The summed E-state index contributed by atoms with van der Waals surface area (Å²) in [5.74, 6) is -0.329. The van der Waals surface area contributed by atoms with Gasteiger partial charge in [0.1, 0.15) is 23.4 Å². The Labute approximate surface area is 194 Å². The SMILES string of the molecule is Cc1nocc1CNC(=O)OC1CCc2c(sc(NC(=O)C=Cc3cccnc3)c2C#N)C1. The average molecular weight is 464 g/mol. The van der Waals surface area contributed by atoms with Crippen LogP contribution >= 0.6 is 11.3 Å². The Bertz CT molecular complexity index is 1230. The molecule has 2 amide bonds. The number of thiophene rings is 1. The van der Waals surface area contributed by atoms with Crippen molar-refractivity contribution >= 4 is 34.4 Å². The first-order valence-electron chi connectivity index (χ1n) is 10.3. The number of pyridine rings is 1. The lowest BCUT2D eigenvalue weighted by molar-refractivity contribution is -0.111. The van der Waals surface area contributed by atoms with Crippen molar-refractivity contribution in [1.29, 1.82) is 5.26 Å². The molecule has 0 aromatic carbocycles. The number of nitrogens with one attached hydrogen (secondary N) is 2. The van der Waals surface area contributed by atoms with E-state index >= 15 is 0 Å². The van der Waals surface area contributed by atoms with E-state index in [9.17, 15) is 14.9 Å². The monoisotopic (exact) mass is 463 g/mol. The Morgan fingerprint density at radius 1 is 1.45 bits per heavy atom. The Morgan fingerprint density at radius 2 is 2.33 bits per heavy atom. The van der Waals surface area contributed by atoms with Gasteiger partial charge in [0.15, 0.2) is 0 Å². The highest BCUT2D eigenvalue weighted by Crippen LogP contribution is 2.38.